The first-order valence-electron chi connectivity index (χ1n) is 7.34. The van der Waals surface area contributed by atoms with Gasteiger partial charge in [-0.25, -0.2) is 0 Å². The maximum atomic E-state index is 11.1. The molecular weight excluding hydrogens is 252 g/mol. The van der Waals surface area contributed by atoms with E-state index in [4.69, 9.17) is 0 Å². The third-order valence-corrected chi connectivity index (χ3v) is 3.56. The summed E-state index contributed by atoms with van der Waals surface area (Å²) in [5.41, 5.74) is 1.83. The summed E-state index contributed by atoms with van der Waals surface area (Å²) < 4.78 is 0. The molecule has 20 heavy (non-hydrogen) atoms. The molecule has 0 radical (unpaired) electrons. The van der Waals surface area contributed by atoms with Crippen molar-refractivity contribution in [1.29, 1.82) is 0 Å². The highest BCUT2D eigenvalue weighted by Gasteiger charge is 2.20. The minimum absolute atomic E-state index is 0.147. The van der Waals surface area contributed by atoms with E-state index in [1.165, 1.54) is 19.3 Å². The summed E-state index contributed by atoms with van der Waals surface area (Å²) >= 11 is 0. The lowest BCUT2D eigenvalue weighted by atomic mass is 9.87. The molecular formula is C16H26N2O2. The van der Waals surface area contributed by atoms with Crippen LogP contribution in [-0.4, -0.2) is 11.5 Å². The van der Waals surface area contributed by atoms with E-state index in [1.54, 1.807) is 12.1 Å². The van der Waals surface area contributed by atoms with Gasteiger partial charge in [0.15, 0.2) is 0 Å². The van der Waals surface area contributed by atoms with Crippen molar-refractivity contribution >= 4 is 11.4 Å². The highest BCUT2D eigenvalue weighted by Crippen LogP contribution is 2.29. The lowest BCUT2D eigenvalue weighted by Crippen LogP contribution is -2.23. The number of aryl methyl sites for hydroxylation is 1. The van der Waals surface area contributed by atoms with Crippen LogP contribution in [0.2, 0.25) is 0 Å². The molecule has 0 spiro atoms. The number of nitrogens with one attached hydrogen (secondary N) is 1. The van der Waals surface area contributed by atoms with Gasteiger partial charge >= 0.3 is 0 Å². The van der Waals surface area contributed by atoms with E-state index >= 15 is 0 Å². The summed E-state index contributed by atoms with van der Waals surface area (Å²) in [6.45, 7) is 9.22. The van der Waals surface area contributed by atoms with Crippen molar-refractivity contribution in [3.63, 3.8) is 0 Å². The molecule has 4 heteroatoms. The Balaban J connectivity index is 2.67. The maximum Gasteiger partial charge on any atom is 0.292 e. The Morgan fingerprint density at radius 3 is 2.60 bits per heavy atom. The number of unbranched alkanes of at least 4 members (excludes halogenated alkanes) is 2. The number of benzene rings is 1. The topological polar surface area (TPSA) is 55.2 Å². The summed E-state index contributed by atoms with van der Waals surface area (Å²) in [6, 6.07) is 5.32. The van der Waals surface area contributed by atoms with Gasteiger partial charge in [-0.1, -0.05) is 46.1 Å². The Morgan fingerprint density at radius 1 is 1.30 bits per heavy atom. The lowest BCUT2D eigenvalue weighted by molar-refractivity contribution is -0.384. The molecule has 1 aromatic rings. The predicted molar refractivity (Wildman–Crippen MR) is 84.2 cm³/mol. The van der Waals surface area contributed by atoms with Crippen molar-refractivity contribution in [2.45, 2.75) is 53.4 Å². The van der Waals surface area contributed by atoms with E-state index in [0.29, 0.717) is 5.69 Å². The van der Waals surface area contributed by atoms with Gasteiger partial charge in [-0.3, -0.25) is 10.1 Å². The van der Waals surface area contributed by atoms with E-state index in [9.17, 15) is 10.1 Å². The molecule has 4 nitrogen and oxygen atoms in total. The Hall–Kier alpha value is -1.58. The number of nitro benzene ring substituents is 1. The molecule has 0 atom stereocenters. The van der Waals surface area contributed by atoms with Crippen LogP contribution < -0.4 is 5.32 Å². The zero-order valence-electron chi connectivity index (χ0n) is 13.0. The molecule has 0 saturated heterocycles. The van der Waals surface area contributed by atoms with E-state index in [-0.39, 0.29) is 16.0 Å². The van der Waals surface area contributed by atoms with E-state index in [1.807, 2.05) is 13.0 Å². The van der Waals surface area contributed by atoms with Crippen LogP contribution >= 0.6 is 0 Å². The quantitative estimate of drug-likeness (QED) is 0.417. The molecule has 112 valence electrons. The maximum absolute atomic E-state index is 11.1. The predicted octanol–water partition coefficient (Wildman–Crippen LogP) is 4.92. The molecule has 1 rings (SSSR count). The number of nitrogens with zero attached hydrogens (tertiary/aromatic N) is 1. The summed E-state index contributed by atoms with van der Waals surface area (Å²) in [5, 5.41) is 14.3. The monoisotopic (exact) mass is 278 g/mol. The average Bonchev–Trinajstić information content (AvgIpc) is 2.37. The molecule has 0 aliphatic carbocycles. The lowest BCUT2D eigenvalue weighted by Gasteiger charge is -2.25. The highest BCUT2D eigenvalue weighted by molar-refractivity contribution is 5.62. The fraction of sp³-hybridized carbons (Fsp3) is 0.625. The van der Waals surface area contributed by atoms with Gasteiger partial charge in [0.2, 0.25) is 0 Å². The second kappa shape index (κ2) is 7.27. The van der Waals surface area contributed by atoms with E-state index in [2.05, 4.69) is 26.1 Å². The van der Waals surface area contributed by atoms with Gasteiger partial charge in [0, 0.05) is 12.6 Å². The van der Waals surface area contributed by atoms with Gasteiger partial charge in [-0.05, 0) is 30.4 Å². The van der Waals surface area contributed by atoms with Crippen molar-refractivity contribution in [3.8, 4) is 0 Å². The molecule has 0 bridgehead atoms. The van der Waals surface area contributed by atoms with Crippen LogP contribution in [-0.2, 0) is 0 Å². The number of hydrogen-bond donors (Lipinski definition) is 1. The van der Waals surface area contributed by atoms with Gasteiger partial charge in [0.25, 0.3) is 5.69 Å². The molecule has 1 N–H and O–H groups in total. The number of anilines is 1. The summed E-state index contributed by atoms with van der Waals surface area (Å²) in [6.07, 6.45) is 4.80. The molecule has 1 aromatic carbocycles. The molecule has 0 amide bonds. The standard InChI is InChI=1S/C16H26N2O2/c1-5-6-7-10-16(3,4)12-17-14-9-8-13(2)11-15(14)18(19)20/h8-9,11,17H,5-7,10,12H2,1-4H3. The van der Waals surface area contributed by atoms with Crippen molar-refractivity contribution in [3.05, 3.63) is 33.9 Å². The number of nitro groups is 1. The smallest absolute Gasteiger partial charge is 0.292 e. The van der Waals surface area contributed by atoms with Crippen LogP contribution in [0.1, 0.15) is 52.0 Å². The Bertz CT molecular complexity index is 456. The molecule has 0 aromatic heterocycles. The second-order valence-electron chi connectivity index (χ2n) is 6.25. The fourth-order valence-corrected chi connectivity index (χ4v) is 2.22. The minimum atomic E-state index is -0.320. The van der Waals surface area contributed by atoms with Crippen molar-refractivity contribution in [1.82, 2.24) is 0 Å². The summed E-state index contributed by atoms with van der Waals surface area (Å²) in [4.78, 5) is 10.8. The summed E-state index contributed by atoms with van der Waals surface area (Å²) in [7, 11) is 0. The third-order valence-electron chi connectivity index (χ3n) is 3.56. The Labute approximate surface area is 121 Å². The molecule has 0 unspecified atom stereocenters. The third kappa shape index (κ3) is 5.19. The molecule has 0 saturated carbocycles. The van der Waals surface area contributed by atoms with Crippen LogP contribution in [0.4, 0.5) is 11.4 Å². The van der Waals surface area contributed by atoms with Gasteiger partial charge < -0.3 is 5.32 Å². The first kappa shape index (κ1) is 16.5. The van der Waals surface area contributed by atoms with Crippen molar-refractivity contribution in [2.24, 2.45) is 5.41 Å². The van der Waals surface area contributed by atoms with Crippen LogP contribution in [0.15, 0.2) is 18.2 Å². The largest absolute Gasteiger partial charge is 0.379 e. The minimum Gasteiger partial charge on any atom is -0.379 e. The zero-order chi connectivity index (χ0) is 15.2. The van der Waals surface area contributed by atoms with Crippen molar-refractivity contribution in [2.75, 3.05) is 11.9 Å². The zero-order valence-corrected chi connectivity index (χ0v) is 13.0. The molecule has 0 heterocycles. The van der Waals surface area contributed by atoms with E-state index < -0.39 is 0 Å². The van der Waals surface area contributed by atoms with E-state index in [0.717, 1.165) is 18.5 Å². The first-order valence-corrected chi connectivity index (χ1v) is 7.34. The van der Waals surface area contributed by atoms with Crippen LogP contribution in [0.5, 0.6) is 0 Å². The Morgan fingerprint density at radius 2 is 2.00 bits per heavy atom. The summed E-state index contributed by atoms with van der Waals surface area (Å²) in [5.74, 6) is 0. The van der Waals surface area contributed by atoms with Gasteiger partial charge in [0.05, 0.1) is 4.92 Å². The van der Waals surface area contributed by atoms with Crippen LogP contribution in [0.25, 0.3) is 0 Å². The number of hydrogen-bond acceptors (Lipinski definition) is 3. The molecule has 0 fully saturated rings. The SMILES string of the molecule is CCCCCC(C)(C)CNc1ccc(C)cc1[N+](=O)[O-]. The van der Waals surface area contributed by atoms with Crippen LogP contribution in [0.3, 0.4) is 0 Å². The van der Waals surface area contributed by atoms with Crippen molar-refractivity contribution < 1.29 is 4.92 Å². The second-order valence-corrected chi connectivity index (χ2v) is 6.25. The van der Waals surface area contributed by atoms with Gasteiger partial charge in [0.1, 0.15) is 5.69 Å². The number of rotatable bonds is 8. The fourth-order valence-electron chi connectivity index (χ4n) is 2.22. The van der Waals surface area contributed by atoms with Crippen LogP contribution in [0, 0.1) is 22.5 Å². The first-order chi connectivity index (χ1) is 9.35. The van der Waals surface area contributed by atoms with Gasteiger partial charge in [-0.2, -0.15) is 0 Å². The molecule has 0 aliphatic heterocycles. The Kier molecular flexibility index (Phi) is 5.99. The normalized spacial score (nSPS) is 11.4. The van der Waals surface area contributed by atoms with Gasteiger partial charge in [-0.15, -0.1) is 0 Å². The highest BCUT2D eigenvalue weighted by atomic mass is 16.6. The molecule has 0 aliphatic rings. The average molecular weight is 278 g/mol.